The van der Waals surface area contributed by atoms with Gasteiger partial charge < -0.3 is 5.11 Å². The minimum atomic E-state index is -0.793. The largest absolute Gasteiger partial charge is 0.382 e. The highest BCUT2D eigenvalue weighted by atomic mass is 35.5. The van der Waals surface area contributed by atoms with E-state index in [0.29, 0.717) is 16.3 Å². The fourth-order valence-corrected chi connectivity index (χ4v) is 2.13. The Morgan fingerprint density at radius 1 is 1.44 bits per heavy atom. The zero-order chi connectivity index (χ0) is 13.1. The number of hydrogen-bond acceptors (Lipinski definition) is 3. The first-order valence-corrected chi connectivity index (χ1v) is 6.34. The average Bonchev–Trinajstić information content (AvgIpc) is 2.80. The van der Waals surface area contributed by atoms with Crippen LogP contribution in [0.25, 0.3) is 0 Å². The number of hydrogen-bond donors (Lipinski definition) is 1. The molecule has 0 saturated heterocycles. The van der Waals surface area contributed by atoms with Gasteiger partial charge in [-0.2, -0.15) is 0 Å². The summed E-state index contributed by atoms with van der Waals surface area (Å²) in [7, 11) is 0. The van der Waals surface area contributed by atoms with E-state index in [2.05, 4.69) is 17.2 Å². The number of halogens is 1. The molecule has 1 heterocycles. The van der Waals surface area contributed by atoms with Gasteiger partial charge in [-0.05, 0) is 18.9 Å². The molecule has 18 heavy (non-hydrogen) atoms. The van der Waals surface area contributed by atoms with Crippen LogP contribution in [0.1, 0.15) is 36.3 Å². The summed E-state index contributed by atoms with van der Waals surface area (Å²) < 4.78 is 1.71. The monoisotopic (exact) mass is 265 g/mol. The topological polar surface area (TPSA) is 50.9 Å². The maximum atomic E-state index is 10.4. The highest BCUT2D eigenvalue weighted by molar-refractivity contribution is 6.32. The fourth-order valence-electron chi connectivity index (χ4n) is 1.90. The molecule has 1 N–H and O–H groups in total. The first-order chi connectivity index (χ1) is 8.65. The van der Waals surface area contributed by atoms with Crippen LogP contribution in [0.3, 0.4) is 0 Å². The Bertz CT molecular complexity index is 539. The van der Waals surface area contributed by atoms with Crippen LogP contribution in [0.5, 0.6) is 0 Å². The predicted molar refractivity (Wildman–Crippen MR) is 70.6 cm³/mol. The van der Waals surface area contributed by atoms with Crippen molar-refractivity contribution in [1.82, 2.24) is 15.0 Å². The third kappa shape index (κ3) is 2.40. The predicted octanol–water partition coefficient (Wildman–Crippen LogP) is 2.73. The van der Waals surface area contributed by atoms with Crippen molar-refractivity contribution in [1.29, 1.82) is 0 Å². The Kier molecular flexibility index (Phi) is 3.99. The van der Waals surface area contributed by atoms with E-state index in [9.17, 15) is 5.11 Å². The van der Waals surface area contributed by atoms with Gasteiger partial charge in [0.15, 0.2) is 0 Å². The molecule has 0 saturated carbocycles. The molecule has 0 aliphatic rings. The summed E-state index contributed by atoms with van der Waals surface area (Å²) in [5, 5.41) is 18.8. The number of nitrogens with zero attached hydrogens (tertiary/aromatic N) is 3. The lowest BCUT2D eigenvalue weighted by atomic mass is 10.0. The van der Waals surface area contributed by atoms with E-state index in [4.69, 9.17) is 11.6 Å². The SMILES string of the molecule is CCCn1nncc1C(O)c1cccc(C)c1Cl. The maximum Gasteiger partial charge on any atom is 0.124 e. The van der Waals surface area contributed by atoms with Crippen molar-refractivity contribution in [3.63, 3.8) is 0 Å². The molecule has 0 amide bonds. The summed E-state index contributed by atoms with van der Waals surface area (Å²) in [4.78, 5) is 0. The molecular weight excluding hydrogens is 250 g/mol. The summed E-state index contributed by atoms with van der Waals surface area (Å²) in [6, 6.07) is 5.62. The van der Waals surface area contributed by atoms with Crippen molar-refractivity contribution in [3.8, 4) is 0 Å². The van der Waals surface area contributed by atoms with Crippen LogP contribution in [-0.2, 0) is 6.54 Å². The van der Waals surface area contributed by atoms with E-state index < -0.39 is 6.10 Å². The summed E-state index contributed by atoms with van der Waals surface area (Å²) in [6.45, 7) is 4.70. The molecule has 1 unspecified atom stereocenters. The number of rotatable bonds is 4. The van der Waals surface area contributed by atoms with E-state index in [0.717, 1.165) is 18.5 Å². The van der Waals surface area contributed by atoms with Gasteiger partial charge in [0.25, 0.3) is 0 Å². The molecule has 0 bridgehead atoms. The summed E-state index contributed by atoms with van der Waals surface area (Å²) in [5.74, 6) is 0. The van der Waals surface area contributed by atoms with Crippen molar-refractivity contribution < 1.29 is 5.11 Å². The second-order valence-electron chi connectivity index (χ2n) is 4.26. The standard InChI is InChI=1S/C13H16ClN3O/c1-3-7-17-11(8-15-16-17)13(18)10-6-4-5-9(2)12(10)14/h4-6,8,13,18H,3,7H2,1-2H3. The Hall–Kier alpha value is -1.39. The molecule has 5 heteroatoms. The van der Waals surface area contributed by atoms with E-state index >= 15 is 0 Å². The minimum Gasteiger partial charge on any atom is -0.382 e. The summed E-state index contributed by atoms with van der Waals surface area (Å²) in [5.41, 5.74) is 2.31. The zero-order valence-corrected chi connectivity index (χ0v) is 11.2. The third-order valence-corrected chi connectivity index (χ3v) is 3.40. The smallest absolute Gasteiger partial charge is 0.124 e. The second kappa shape index (κ2) is 5.50. The van der Waals surface area contributed by atoms with E-state index in [1.54, 1.807) is 10.9 Å². The zero-order valence-electron chi connectivity index (χ0n) is 10.5. The van der Waals surface area contributed by atoms with Gasteiger partial charge in [0.1, 0.15) is 6.10 Å². The molecule has 0 fully saturated rings. The van der Waals surface area contributed by atoms with Crippen molar-refractivity contribution in [3.05, 3.63) is 46.2 Å². The lowest BCUT2D eigenvalue weighted by molar-refractivity contribution is 0.207. The van der Waals surface area contributed by atoms with Crippen molar-refractivity contribution in [2.24, 2.45) is 0 Å². The summed E-state index contributed by atoms with van der Waals surface area (Å²) in [6.07, 6.45) is 1.72. The number of aryl methyl sites for hydroxylation is 2. The number of aromatic nitrogens is 3. The van der Waals surface area contributed by atoms with E-state index in [-0.39, 0.29) is 0 Å². The van der Waals surface area contributed by atoms with Gasteiger partial charge in [0, 0.05) is 17.1 Å². The quantitative estimate of drug-likeness (QED) is 0.925. The molecule has 1 aromatic heterocycles. The molecule has 1 atom stereocenters. The van der Waals surface area contributed by atoms with Gasteiger partial charge >= 0.3 is 0 Å². The highest BCUT2D eigenvalue weighted by Crippen LogP contribution is 2.29. The first kappa shape index (κ1) is 13.1. The van der Waals surface area contributed by atoms with Crippen LogP contribution in [0.15, 0.2) is 24.4 Å². The molecule has 1 aromatic carbocycles. The van der Waals surface area contributed by atoms with Crippen LogP contribution in [-0.4, -0.2) is 20.1 Å². The fraction of sp³-hybridized carbons (Fsp3) is 0.385. The molecule has 0 aliphatic carbocycles. The van der Waals surface area contributed by atoms with Crippen LogP contribution < -0.4 is 0 Å². The van der Waals surface area contributed by atoms with Gasteiger partial charge in [-0.15, -0.1) is 5.10 Å². The van der Waals surface area contributed by atoms with Crippen LogP contribution >= 0.6 is 11.6 Å². The van der Waals surface area contributed by atoms with Crippen molar-refractivity contribution in [2.45, 2.75) is 32.9 Å². The molecule has 0 radical (unpaired) electrons. The second-order valence-corrected chi connectivity index (χ2v) is 4.64. The summed E-state index contributed by atoms with van der Waals surface area (Å²) >= 11 is 6.22. The highest BCUT2D eigenvalue weighted by Gasteiger charge is 2.19. The lowest BCUT2D eigenvalue weighted by Crippen LogP contribution is -2.10. The number of aliphatic hydroxyl groups is 1. The Balaban J connectivity index is 2.38. The number of benzene rings is 1. The van der Waals surface area contributed by atoms with E-state index in [1.165, 1.54) is 0 Å². The van der Waals surface area contributed by atoms with Gasteiger partial charge in [0.2, 0.25) is 0 Å². The van der Waals surface area contributed by atoms with Gasteiger partial charge in [-0.1, -0.05) is 41.9 Å². The Labute approximate surface area is 111 Å². The molecular formula is C13H16ClN3O. The van der Waals surface area contributed by atoms with Gasteiger partial charge in [-0.3, -0.25) is 0 Å². The van der Waals surface area contributed by atoms with Crippen LogP contribution in [0.4, 0.5) is 0 Å². The minimum absolute atomic E-state index is 0.592. The maximum absolute atomic E-state index is 10.4. The Morgan fingerprint density at radius 3 is 2.94 bits per heavy atom. The van der Waals surface area contributed by atoms with E-state index in [1.807, 2.05) is 25.1 Å². The Morgan fingerprint density at radius 2 is 2.22 bits per heavy atom. The normalized spacial score (nSPS) is 12.7. The molecule has 0 spiro atoms. The van der Waals surface area contributed by atoms with Gasteiger partial charge in [-0.25, -0.2) is 4.68 Å². The van der Waals surface area contributed by atoms with Crippen LogP contribution in [0, 0.1) is 6.92 Å². The number of aliphatic hydroxyl groups excluding tert-OH is 1. The van der Waals surface area contributed by atoms with Crippen molar-refractivity contribution >= 4 is 11.6 Å². The lowest BCUT2D eigenvalue weighted by Gasteiger charge is -2.14. The molecule has 0 aliphatic heterocycles. The van der Waals surface area contributed by atoms with Gasteiger partial charge in [0.05, 0.1) is 11.9 Å². The van der Waals surface area contributed by atoms with Crippen molar-refractivity contribution in [2.75, 3.05) is 0 Å². The third-order valence-electron chi connectivity index (χ3n) is 2.88. The first-order valence-electron chi connectivity index (χ1n) is 5.96. The molecule has 2 rings (SSSR count). The molecule has 4 nitrogen and oxygen atoms in total. The van der Waals surface area contributed by atoms with Crippen LogP contribution in [0.2, 0.25) is 5.02 Å². The molecule has 96 valence electrons. The average molecular weight is 266 g/mol. The molecule has 2 aromatic rings.